The van der Waals surface area contributed by atoms with Crippen LogP contribution in [0.2, 0.25) is 0 Å². The van der Waals surface area contributed by atoms with E-state index in [1.807, 2.05) is 6.07 Å². The van der Waals surface area contributed by atoms with E-state index in [1.165, 1.54) is 16.7 Å². The molecule has 0 aliphatic rings. The second-order valence-electron chi connectivity index (χ2n) is 5.61. The molecule has 94 valence electrons. The Morgan fingerprint density at radius 3 is 1.94 bits per heavy atom. The Balaban J connectivity index is 2.16. The average molecular weight is 239 g/mol. The lowest BCUT2D eigenvalue weighted by Crippen LogP contribution is -2.25. The number of rotatable bonds is 4. The molecule has 0 atom stereocenters. The van der Waals surface area contributed by atoms with E-state index >= 15 is 0 Å². The third-order valence-corrected chi connectivity index (χ3v) is 3.30. The van der Waals surface area contributed by atoms with Gasteiger partial charge >= 0.3 is 0 Å². The van der Waals surface area contributed by atoms with Crippen molar-refractivity contribution in [1.29, 1.82) is 0 Å². The maximum absolute atomic E-state index is 5.78. The first-order chi connectivity index (χ1) is 8.61. The molecule has 0 spiro atoms. The molecule has 0 aliphatic carbocycles. The summed E-state index contributed by atoms with van der Waals surface area (Å²) in [7, 11) is 0. The fraction of sp³-hybridized carbons (Fsp3) is 0.294. The molecule has 0 aliphatic heterocycles. The third kappa shape index (κ3) is 3.21. The van der Waals surface area contributed by atoms with Gasteiger partial charge in [0.1, 0.15) is 0 Å². The standard InChI is InChI=1S/C17H21N/c1-17(2,13-18)12-14-8-10-16(11-9-14)15-6-4-3-5-7-15/h3-11H,12-13,18H2,1-2H3. The fourth-order valence-electron chi connectivity index (χ4n) is 2.07. The summed E-state index contributed by atoms with van der Waals surface area (Å²) in [5.41, 5.74) is 9.84. The minimum absolute atomic E-state index is 0.175. The van der Waals surface area contributed by atoms with Gasteiger partial charge in [-0.15, -0.1) is 0 Å². The van der Waals surface area contributed by atoms with Crippen LogP contribution in [-0.4, -0.2) is 6.54 Å². The van der Waals surface area contributed by atoms with Gasteiger partial charge in [0, 0.05) is 0 Å². The molecule has 0 saturated carbocycles. The fourth-order valence-corrected chi connectivity index (χ4v) is 2.07. The van der Waals surface area contributed by atoms with Gasteiger partial charge in [0.05, 0.1) is 0 Å². The molecular weight excluding hydrogens is 218 g/mol. The summed E-state index contributed by atoms with van der Waals surface area (Å²) in [4.78, 5) is 0. The van der Waals surface area contributed by atoms with Gasteiger partial charge < -0.3 is 5.73 Å². The zero-order chi connectivity index (χ0) is 13.0. The van der Waals surface area contributed by atoms with Crippen LogP contribution in [0.15, 0.2) is 54.6 Å². The van der Waals surface area contributed by atoms with Gasteiger partial charge in [-0.25, -0.2) is 0 Å². The van der Waals surface area contributed by atoms with Crippen molar-refractivity contribution in [1.82, 2.24) is 0 Å². The van der Waals surface area contributed by atoms with E-state index in [9.17, 15) is 0 Å². The Morgan fingerprint density at radius 1 is 0.833 bits per heavy atom. The van der Waals surface area contributed by atoms with Crippen molar-refractivity contribution in [2.75, 3.05) is 6.54 Å². The zero-order valence-electron chi connectivity index (χ0n) is 11.2. The van der Waals surface area contributed by atoms with Crippen LogP contribution >= 0.6 is 0 Å². The van der Waals surface area contributed by atoms with Crippen molar-refractivity contribution in [3.05, 3.63) is 60.2 Å². The largest absolute Gasteiger partial charge is 0.330 e. The average Bonchev–Trinajstić information content (AvgIpc) is 2.40. The van der Waals surface area contributed by atoms with Gasteiger partial charge in [-0.1, -0.05) is 68.4 Å². The highest BCUT2D eigenvalue weighted by Crippen LogP contribution is 2.23. The van der Waals surface area contributed by atoms with Crippen LogP contribution in [0, 0.1) is 5.41 Å². The highest BCUT2D eigenvalue weighted by Gasteiger charge is 2.15. The molecule has 0 aromatic heterocycles. The smallest absolute Gasteiger partial charge is 0.00226 e. The van der Waals surface area contributed by atoms with Crippen LogP contribution in [0.4, 0.5) is 0 Å². The molecule has 0 saturated heterocycles. The molecule has 2 aromatic carbocycles. The van der Waals surface area contributed by atoms with Crippen molar-refractivity contribution < 1.29 is 0 Å². The second-order valence-corrected chi connectivity index (χ2v) is 5.61. The molecule has 0 amide bonds. The van der Waals surface area contributed by atoms with E-state index in [4.69, 9.17) is 5.73 Å². The van der Waals surface area contributed by atoms with Gasteiger partial charge in [0.25, 0.3) is 0 Å². The van der Waals surface area contributed by atoms with E-state index in [0.29, 0.717) is 6.54 Å². The predicted octanol–water partition coefficient (Wildman–Crippen LogP) is 3.88. The summed E-state index contributed by atoms with van der Waals surface area (Å²) in [6.07, 6.45) is 1.03. The van der Waals surface area contributed by atoms with E-state index in [1.54, 1.807) is 0 Å². The van der Waals surface area contributed by atoms with E-state index in [2.05, 4.69) is 62.4 Å². The molecule has 0 unspecified atom stereocenters. The van der Waals surface area contributed by atoms with Gasteiger partial charge in [-0.2, -0.15) is 0 Å². The maximum atomic E-state index is 5.78. The highest BCUT2D eigenvalue weighted by molar-refractivity contribution is 5.63. The first-order valence-corrected chi connectivity index (χ1v) is 6.45. The van der Waals surface area contributed by atoms with Crippen LogP contribution in [-0.2, 0) is 6.42 Å². The van der Waals surface area contributed by atoms with E-state index in [-0.39, 0.29) is 5.41 Å². The monoisotopic (exact) mass is 239 g/mol. The molecule has 2 aromatic rings. The van der Waals surface area contributed by atoms with Crippen LogP contribution in [0.25, 0.3) is 11.1 Å². The molecule has 1 heteroatoms. The number of nitrogens with two attached hydrogens (primary N) is 1. The van der Waals surface area contributed by atoms with Gasteiger partial charge in [0.15, 0.2) is 0 Å². The predicted molar refractivity (Wildman–Crippen MR) is 78.4 cm³/mol. The highest BCUT2D eigenvalue weighted by atomic mass is 14.6. The molecule has 0 bridgehead atoms. The Hall–Kier alpha value is -1.60. The number of benzene rings is 2. The number of hydrogen-bond donors (Lipinski definition) is 1. The minimum Gasteiger partial charge on any atom is -0.330 e. The van der Waals surface area contributed by atoms with Crippen molar-refractivity contribution >= 4 is 0 Å². The Labute approximate surface area is 110 Å². The molecular formula is C17H21N. The lowest BCUT2D eigenvalue weighted by atomic mass is 9.85. The zero-order valence-corrected chi connectivity index (χ0v) is 11.2. The van der Waals surface area contributed by atoms with Crippen LogP contribution in [0.5, 0.6) is 0 Å². The molecule has 0 heterocycles. The molecule has 2 N–H and O–H groups in total. The van der Waals surface area contributed by atoms with Crippen molar-refractivity contribution in [2.24, 2.45) is 11.1 Å². The Morgan fingerprint density at radius 2 is 1.39 bits per heavy atom. The van der Waals surface area contributed by atoms with E-state index < -0.39 is 0 Å². The molecule has 0 radical (unpaired) electrons. The number of hydrogen-bond acceptors (Lipinski definition) is 1. The molecule has 1 nitrogen and oxygen atoms in total. The Kier molecular flexibility index (Phi) is 3.83. The van der Waals surface area contributed by atoms with Crippen molar-refractivity contribution in [3.63, 3.8) is 0 Å². The SMILES string of the molecule is CC(C)(CN)Cc1ccc(-c2ccccc2)cc1. The van der Waals surface area contributed by atoms with Crippen LogP contribution in [0.3, 0.4) is 0 Å². The normalized spacial score (nSPS) is 11.5. The summed E-state index contributed by atoms with van der Waals surface area (Å²) in [5.74, 6) is 0. The van der Waals surface area contributed by atoms with Crippen LogP contribution in [0.1, 0.15) is 19.4 Å². The molecule has 0 fully saturated rings. The van der Waals surface area contributed by atoms with Gasteiger partial charge in [0.2, 0.25) is 0 Å². The second kappa shape index (κ2) is 5.36. The van der Waals surface area contributed by atoms with Crippen LogP contribution < -0.4 is 5.73 Å². The lowest BCUT2D eigenvalue weighted by molar-refractivity contribution is 0.377. The summed E-state index contributed by atoms with van der Waals surface area (Å²) in [5, 5.41) is 0. The molecule has 18 heavy (non-hydrogen) atoms. The topological polar surface area (TPSA) is 26.0 Å². The van der Waals surface area contributed by atoms with Gasteiger partial charge in [-0.3, -0.25) is 0 Å². The van der Waals surface area contributed by atoms with E-state index in [0.717, 1.165) is 6.42 Å². The van der Waals surface area contributed by atoms with Crippen molar-refractivity contribution in [2.45, 2.75) is 20.3 Å². The minimum atomic E-state index is 0.175. The lowest BCUT2D eigenvalue weighted by Gasteiger charge is -2.22. The first kappa shape index (κ1) is 12.8. The third-order valence-electron chi connectivity index (χ3n) is 3.30. The quantitative estimate of drug-likeness (QED) is 0.861. The summed E-state index contributed by atoms with van der Waals surface area (Å²) in [6.45, 7) is 5.13. The summed E-state index contributed by atoms with van der Waals surface area (Å²) in [6, 6.07) is 19.3. The maximum Gasteiger partial charge on any atom is -0.00226 e. The molecule has 2 rings (SSSR count). The van der Waals surface area contributed by atoms with Gasteiger partial charge in [-0.05, 0) is 35.1 Å². The Bertz CT molecular complexity index is 483. The van der Waals surface area contributed by atoms with Crippen molar-refractivity contribution in [3.8, 4) is 11.1 Å². The summed E-state index contributed by atoms with van der Waals surface area (Å²) >= 11 is 0. The first-order valence-electron chi connectivity index (χ1n) is 6.45. The summed E-state index contributed by atoms with van der Waals surface area (Å²) < 4.78 is 0.